The van der Waals surface area contributed by atoms with Crippen molar-refractivity contribution in [2.24, 2.45) is 40.4 Å². The highest BCUT2D eigenvalue weighted by atomic mass is 16.5. The normalized spacial score (nSPS) is 41.8. The van der Waals surface area contributed by atoms with Crippen molar-refractivity contribution in [1.82, 2.24) is 0 Å². The Bertz CT molecular complexity index is 899. The van der Waals surface area contributed by atoms with Crippen LogP contribution in [0.4, 0.5) is 0 Å². The smallest absolute Gasteiger partial charge is 0.302 e. The monoisotopic (exact) mass is 470 g/mol. The summed E-state index contributed by atoms with van der Waals surface area (Å²) in [6, 6.07) is 0. The second-order valence-corrected chi connectivity index (χ2v) is 12.9. The lowest BCUT2D eigenvalue weighted by Gasteiger charge is -2.58. The fraction of sp³-hybridized carbons (Fsp3) is 0.800. The molecule has 1 N–H and O–H groups in total. The Kier molecular flexibility index (Phi) is 6.72. The minimum atomic E-state index is -0.978. The van der Waals surface area contributed by atoms with Crippen molar-refractivity contribution in [1.29, 1.82) is 0 Å². The SMILES string of the molecule is CC(=O)OC1CCC2(C)C3=C(CC[C@@]2(O)C1)C1CCC([C@H](C)/C=C/[C@H](C)C(C)C)C1(C)CC3=O. The number of Topliss-reactive ketones (excluding diaryl/α,β-unsaturated/α-hetero) is 1. The summed E-state index contributed by atoms with van der Waals surface area (Å²) >= 11 is 0. The average molecular weight is 471 g/mol. The molecule has 0 saturated heterocycles. The maximum Gasteiger partial charge on any atom is 0.302 e. The molecule has 4 rings (SSSR count). The van der Waals surface area contributed by atoms with Gasteiger partial charge in [-0.25, -0.2) is 0 Å². The van der Waals surface area contributed by atoms with Gasteiger partial charge in [0.05, 0.1) is 5.60 Å². The lowest BCUT2D eigenvalue weighted by molar-refractivity contribution is -0.169. The molecule has 0 amide bonds. The summed E-state index contributed by atoms with van der Waals surface area (Å²) in [7, 11) is 0. The molecule has 0 aromatic rings. The second kappa shape index (κ2) is 8.91. The fourth-order valence-corrected chi connectivity index (χ4v) is 8.21. The van der Waals surface area contributed by atoms with Crippen LogP contribution in [0, 0.1) is 40.4 Å². The van der Waals surface area contributed by atoms with Crippen LogP contribution >= 0.6 is 0 Å². The van der Waals surface area contributed by atoms with Crippen LogP contribution < -0.4 is 0 Å². The Morgan fingerprint density at radius 2 is 1.79 bits per heavy atom. The summed E-state index contributed by atoms with van der Waals surface area (Å²) in [6.07, 6.45) is 10.8. The number of ketones is 1. The van der Waals surface area contributed by atoms with E-state index in [1.807, 2.05) is 0 Å². The number of ether oxygens (including phenoxy) is 1. The van der Waals surface area contributed by atoms with E-state index in [0.29, 0.717) is 61.7 Å². The second-order valence-electron chi connectivity index (χ2n) is 12.9. The van der Waals surface area contributed by atoms with Crippen LogP contribution in [0.25, 0.3) is 0 Å². The molecule has 0 aromatic carbocycles. The number of hydrogen-bond acceptors (Lipinski definition) is 4. The number of carbonyl (C=O) groups excluding carboxylic acids is 2. The summed E-state index contributed by atoms with van der Waals surface area (Å²) in [5.74, 6) is 2.58. The molecule has 0 heterocycles. The summed E-state index contributed by atoms with van der Waals surface area (Å²) in [5.41, 5.74) is 0.788. The van der Waals surface area contributed by atoms with E-state index in [-0.39, 0.29) is 23.3 Å². The van der Waals surface area contributed by atoms with E-state index >= 15 is 0 Å². The molecule has 4 heteroatoms. The molecule has 4 aliphatic rings. The number of allylic oxidation sites excluding steroid dienone is 3. The van der Waals surface area contributed by atoms with Crippen molar-refractivity contribution < 1.29 is 19.4 Å². The van der Waals surface area contributed by atoms with Crippen LogP contribution in [0.15, 0.2) is 23.3 Å². The zero-order valence-corrected chi connectivity index (χ0v) is 22.4. The number of hydrogen-bond donors (Lipinski definition) is 1. The van der Waals surface area contributed by atoms with Gasteiger partial charge in [-0.1, -0.05) is 59.3 Å². The zero-order chi connectivity index (χ0) is 25.1. The summed E-state index contributed by atoms with van der Waals surface area (Å²) < 4.78 is 5.49. The quantitative estimate of drug-likeness (QED) is 0.372. The maximum absolute atomic E-state index is 13.9. The highest BCUT2D eigenvalue weighted by Crippen LogP contribution is 2.65. The van der Waals surface area contributed by atoms with Gasteiger partial charge >= 0.3 is 5.97 Å². The van der Waals surface area contributed by atoms with Gasteiger partial charge in [-0.3, -0.25) is 9.59 Å². The van der Waals surface area contributed by atoms with Gasteiger partial charge in [0.15, 0.2) is 5.78 Å². The zero-order valence-electron chi connectivity index (χ0n) is 22.4. The molecule has 0 spiro atoms. The average Bonchev–Trinajstić information content (AvgIpc) is 3.08. The van der Waals surface area contributed by atoms with E-state index in [2.05, 4.69) is 53.7 Å². The van der Waals surface area contributed by atoms with Crippen molar-refractivity contribution >= 4 is 11.8 Å². The van der Waals surface area contributed by atoms with Crippen LogP contribution in [-0.4, -0.2) is 28.6 Å². The third kappa shape index (κ3) is 4.02. The highest BCUT2D eigenvalue weighted by molar-refractivity contribution is 5.99. The molecule has 4 nitrogen and oxygen atoms in total. The molecule has 0 aliphatic heterocycles. The number of rotatable bonds is 5. The molecule has 190 valence electrons. The Morgan fingerprint density at radius 3 is 2.44 bits per heavy atom. The molecular formula is C30H46O4. The van der Waals surface area contributed by atoms with Gasteiger partial charge in [0, 0.05) is 30.8 Å². The van der Waals surface area contributed by atoms with E-state index in [4.69, 9.17) is 4.74 Å². The molecule has 34 heavy (non-hydrogen) atoms. The number of fused-ring (bicyclic) bond motifs is 4. The minimum absolute atomic E-state index is 0.00149. The van der Waals surface area contributed by atoms with E-state index in [0.717, 1.165) is 18.4 Å². The van der Waals surface area contributed by atoms with Crippen molar-refractivity contribution in [3.05, 3.63) is 23.3 Å². The van der Waals surface area contributed by atoms with Crippen molar-refractivity contribution in [3.63, 3.8) is 0 Å². The lowest BCUT2D eigenvalue weighted by Crippen LogP contribution is -2.59. The Balaban J connectivity index is 1.62. The largest absolute Gasteiger partial charge is 0.462 e. The van der Waals surface area contributed by atoms with Crippen LogP contribution in [-0.2, 0) is 14.3 Å². The third-order valence-corrected chi connectivity index (χ3v) is 10.6. The molecular weight excluding hydrogens is 424 g/mol. The van der Waals surface area contributed by atoms with Gasteiger partial charge in [-0.15, -0.1) is 0 Å². The Hall–Kier alpha value is -1.42. The predicted octanol–water partition coefficient (Wildman–Crippen LogP) is 6.42. The maximum atomic E-state index is 13.9. The minimum Gasteiger partial charge on any atom is -0.462 e. The lowest BCUT2D eigenvalue weighted by atomic mass is 9.48. The van der Waals surface area contributed by atoms with Gasteiger partial charge in [0.25, 0.3) is 0 Å². The van der Waals surface area contributed by atoms with Gasteiger partial charge in [-0.05, 0) is 73.5 Å². The van der Waals surface area contributed by atoms with Crippen molar-refractivity contribution in [2.45, 2.75) is 112 Å². The highest BCUT2D eigenvalue weighted by Gasteiger charge is 2.62. The molecule has 0 radical (unpaired) electrons. The summed E-state index contributed by atoms with van der Waals surface area (Å²) in [6.45, 7) is 15.1. The molecule has 4 aliphatic carbocycles. The first kappa shape index (κ1) is 25.7. The van der Waals surface area contributed by atoms with Gasteiger partial charge < -0.3 is 9.84 Å². The molecule has 0 aromatic heterocycles. The van der Waals surface area contributed by atoms with Crippen LogP contribution in [0.5, 0.6) is 0 Å². The predicted molar refractivity (Wildman–Crippen MR) is 135 cm³/mol. The Labute approximate surface area is 206 Å². The van der Waals surface area contributed by atoms with Crippen LogP contribution in [0.3, 0.4) is 0 Å². The molecule has 2 saturated carbocycles. The standard InChI is InChI=1S/C30H46O4/c1-18(2)19(3)8-9-20(4)24-10-11-25-23-13-15-30(33)16-22(34-21(5)31)12-14-29(30,7)27(23)26(32)17-28(24,25)6/h8-9,18-20,22,24-25,33H,10-17H2,1-7H3/b9-8+/t19-,20+,22?,24?,25?,28?,29?,30+/m0/s1. The molecule has 8 atom stereocenters. The topological polar surface area (TPSA) is 63.6 Å². The number of aliphatic hydroxyl groups is 1. The van der Waals surface area contributed by atoms with E-state index in [1.54, 1.807) is 0 Å². The van der Waals surface area contributed by atoms with Gasteiger partial charge in [0.1, 0.15) is 6.10 Å². The summed E-state index contributed by atoms with van der Waals surface area (Å²) in [4.78, 5) is 25.4. The Morgan fingerprint density at radius 1 is 1.09 bits per heavy atom. The van der Waals surface area contributed by atoms with Crippen LogP contribution in [0.2, 0.25) is 0 Å². The van der Waals surface area contributed by atoms with Gasteiger partial charge in [0.2, 0.25) is 0 Å². The summed E-state index contributed by atoms with van der Waals surface area (Å²) in [5, 5.41) is 11.8. The molecule has 5 unspecified atom stereocenters. The molecule has 2 fully saturated rings. The van der Waals surface area contributed by atoms with E-state index in [1.165, 1.54) is 18.9 Å². The first-order chi connectivity index (χ1) is 15.8. The van der Waals surface area contributed by atoms with Crippen molar-refractivity contribution in [3.8, 4) is 0 Å². The van der Waals surface area contributed by atoms with Crippen LogP contribution in [0.1, 0.15) is 99.8 Å². The third-order valence-electron chi connectivity index (χ3n) is 10.6. The first-order valence-electron chi connectivity index (χ1n) is 13.7. The first-order valence-corrected chi connectivity index (χ1v) is 13.7. The van der Waals surface area contributed by atoms with Gasteiger partial charge in [-0.2, -0.15) is 0 Å². The van der Waals surface area contributed by atoms with Crippen molar-refractivity contribution in [2.75, 3.05) is 0 Å². The van der Waals surface area contributed by atoms with E-state index < -0.39 is 11.0 Å². The van der Waals surface area contributed by atoms with E-state index in [9.17, 15) is 14.7 Å². The molecule has 0 bridgehead atoms. The fourth-order valence-electron chi connectivity index (χ4n) is 8.21. The number of esters is 1. The number of carbonyl (C=O) groups is 2.